The van der Waals surface area contributed by atoms with Crippen LogP contribution in [0.5, 0.6) is 0 Å². The van der Waals surface area contributed by atoms with Crippen molar-refractivity contribution in [2.24, 2.45) is 5.92 Å². The number of hydrogen-bond acceptors (Lipinski definition) is 2. The van der Waals surface area contributed by atoms with Crippen LogP contribution in [0.1, 0.15) is 38.7 Å². The third-order valence-electron chi connectivity index (χ3n) is 5.30. The Morgan fingerprint density at radius 1 is 1.38 bits per heavy atom. The summed E-state index contributed by atoms with van der Waals surface area (Å²) in [5, 5.41) is 4.85. The molecule has 1 saturated heterocycles. The van der Waals surface area contributed by atoms with Crippen molar-refractivity contribution in [3.63, 3.8) is 0 Å². The summed E-state index contributed by atoms with van der Waals surface area (Å²) in [6.45, 7) is 5.25. The van der Waals surface area contributed by atoms with E-state index in [9.17, 15) is 9.59 Å². The van der Waals surface area contributed by atoms with E-state index >= 15 is 0 Å². The molecule has 2 amide bonds. The molecule has 1 aromatic carbocycles. The van der Waals surface area contributed by atoms with Crippen LogP contribution in [0.2, 0.25) is 5.02 Å². The predicted octanol–water partition coefficient (Wildman–Crippen LogP) is 3.52. The molecule has 6 heteroatoms. The number of halogens is 1. The van der Waals surface area contributed by atoms with Gasteiger partial charge in [0.15, 0.2) is 0 Å². The lowest BCUT2D eigenvalue weighted by atomic mass is 10.1. The molecule has 2 heterocycles. The third kappa shape index (κ3) is 4.04. The van der Waals surface area contributed by atoms with Crippen molar-refractivity contribution in [3.8, 4) is 0 Å². The van der Waals surface area contributed by atoms with E-state index in [-0.39, 0.29) is 23.8 Å². The first-order valence-corrected chi connectivity index (χ1v) is 9.73. The molecule has 26 heavy (non-hydrogen) atoms. The molecule has 1 fully saturated rings. The molecule has 1 aliphatic heterocycles. The Balaban J connectivity index is 1.59. The van der Waals surface area contributed by atoms with Gasteiger partial charge in [-0.15, -0.1) is 0 Å². The normalized spacial score (nSPS) is 17.5. The molecule has 5 nitrogen and oxygen atoms in total. The van der Waals surface area contributed by atoms with Gasteiger partial charge in [0, 0.05) is 47.7 Å². The largest absolute Gasteiger partial charge is 0.361 e. The number of aromatic nitrogens is 1. The molecule has 0 saturated carbocycles. The lowest BCUT2D eigenvalue weighted by Gasteiger charge is -2.19. The Morgan fingerprint density at radius 2 is 2.15 bits per heavy atom. The van der Waals surface area contributed by atoms with E-state index in [0.29, 0.717) is 24.5 Å². The molecule has 1 aromatic heterocycles. The van der Waals surface area contributed by atoms with Crippen molar-refractivity contribution < 1.29 is 9.59 Å². The highest BCUT2D eigenvalue weighted by Gasteiger charge is 2.34. The maximum absolute atomic E-state index is 12.4. The highest BCUT2D eigenvalue weighted by atomic mass is 35.5. The van der Waals surface area contributed by atoms with Crippen molar-refractivity contribution >= 4 is 34.3 Å². The van der Waals surface area contributed by atoms with E-state index in [4.69, 9.17) is 11.6 Å². The minimum atomic E-state index is -0.236. The molecular weight excluding hydrogens is 350 g/mol. The SMILES string of the molecule is CCC(CC)NC(=O)[C@@H]1CC(=O)N(CCc2c[nH]c3ccc(Cl)cc23)C1. The number of nitrogens with zero attached hydrogens (tertiary/aromatic N) is 1. The Labute approximate surface area is 159 Å². The van der Waals surface area contributed by atoms with Gasteiger partial charge in [0.2, 0.25) is 11.8 Å². The summed E-state index contributed by atoms with van der Waals surface area (Å²) >= 11 is 6.09. The number of nitrogens with one attached hydrogen (secondary N) is 2. The van der Waals surface area contributed by atoms with Gasteiger partial charge in [-0.2, -0.15) is 0 Å². The van der Waals surface area contributed by atoms with Gasteiger partial charge in [0.1, 0.15) is 0 Å². The van der Waals surface area contributed by atoms with Crippen molar-refractivity contribution in [2.75, 3.05) is 13.1 Å². The fraction of sp³-hybridized carbons (Fsp3) is 0.500. The molecular formula is C20H26ClN3O2. The van der Waals surface area contributed by atoms with Crippen LogP contribution in [0, 0.1) is 5.92 Å². The molecule has 1 atom stereocenters. The fourth-order valence-corrected chi connectivity index (χ4v) is 3.76. The quantitative estimate of drug-likeness (QED) is 0.777. The average Bonchev–Trinajstić information content (AvgIpc) is 3.20. The number of H-pyrrole nitrogens is 1. The van der Waals surface area contributed by atoms with Crippen molar-refractivity contribution in [1.29, 1.82) is 0 Å². The average molecular weight is 376 g/mol. The Morgan fingerprint density at radius 3 is 2.88 bits per heavy atom. The van der Waals surface area contributed by atoms with Crippen LogP contribution in [-0.4, -0.2) is 40.8 Å². The van der Waals surface area contributed by atoms with Crippen molar-refractivity contribution in [3.05, 3.63) is 35.0 Å². The molecule has 3 rings (SSSR count). The number of amides is 2. The third-order valence-corrected chi connectivity index (χ3v) is 5.53. The number of carbonyl (C=O) groups is 2. The minimum absolute atomic E-state index is 0.00780. The molecule has 0 aliphatic carbocycles. The van der Waals surface area contributed by atoms with Gasteiger partial charge in [-0.3, -0.25) is 9.59 Å². The highest BCUT2D eigenvalue weighted by Crippen LogP contribution is 2.24. The molecule has 0 unspecified atom stereocenters. The number of rotatable bonds is 7. The maximum atomic E-state index is 12.4. The van der Waals surface area contributed by atoms with E-state index in [0.717, 1.165) is 35.7 Å². The Hall–Kier alpha value is -2.01. The zero-order chi connectivity index (χ0) is 18.7. The first kappa shape index (κ1) is 18.8. The summed E-state index contributed by atoms with van der Waals surface area (Å²) in [7, 11) is 0. The zero-order valence-corrected chi connectivity index (χ0v) is 16.1. The van der Waals surface area contributed by atoms with Gasteiger partial charge in [0.25, 0.3) is 0 Å². The van der Waals surface area contributed by atoms with Gasteiger partial charge in [-0.05, 0) is 43.0 Å². The Bertz CT molecular complexity index is 797. The van der Waals surface area contributed by atoms with E-state index in [1.165, 1.54) is 0 Å². The summed E-state index contributed by atoms with van der Waals surface area (Å²) in [4.78, 5) is 29.8. The van der Waals surface area contributed by atoms with Gasteiger partial charge >= 0.3 is 0 Å². The number of carbonyl (C=O) groups excluding carboxylic acids is 2. The molecule has 0 spiro atoms. The smallest absolute Gasteiger partial charge is 0.225 e. The second-order valence-corrected chi connectivity index (χ2v) is 7.45. The highest BCUT2D eigenvalue weighted by molar-refractivity contribution is 6.31. The number of likely N-dealkylation sites (tertiary alicyclic amines) is 1. The molecule has 0 radical (unpaired) electrons. The Kier molecular flexibility index (Phi) is 5.87. The van der Waals surface area contributed by atoms with Crippen LogP contribution in [-0.2, 0) is 16.0 Å². The maximum Gasteiger partial charge on any atom is 0.225 e. The van der Waals surface area contributed by atoms with E-state index in [1.807, 2.05) is 24.4 Å². The number of fused-ring (bicyclic) bond motifs is 1. The van der Waals surface area contributed by atoms with Crippen molar-refractivity contribution in [2.45, 2.75) is 45.6 Å². The van der Waals surface area contributed by atoms with Gasteiger partial charge in [-0.1, -0.05) is 25.4 Å². The fourth-order valence-electron chi connectivity index (χ4n) is 3.59. The van der Waals surface area contributed by atoms with Gasteiger partial charge in [-0.25, -0.2) is 0 Å². The van der Waals surface area contributed by atoms with Crippen LogP contribution in [0.3, 0.4) is 0 Å². The van der Waals surface area contributed by atoms with E-state index in [1.54, 1.807) is 4.90 Å². The van der Waals surface area contributed by atoms with Crippen LogP contribution in [0.15, 0.2) is 24.4 Å². The second-order valence-electron chi connectivity index (χ2n) is 7.02. The second kappa shape index (κ2) is 8.12. The number of hydrogen-bond donors (Lipinski definition) is 2. The molecule has 140 valence electrons. The summed E-state index contributed by atoms with van der Waals surface area (Å²) < 4.78 is 0. The monoisotopic (exact) mass is 375 g/mol. The standard InChI is InChI=1S/C20H26ClN3O2/c1-3-16(4-2)23-20(26)14-9-19(25)24(12-14)8-7-13-11-22-18-6-5-15(21)10-17(13)18/h5-6,10-11,14,16,22H,3-4,7-9,12H2,1-2H3,(H,23,26)/t14-/m1/s1. The van der Waals surface area contributed by atoms with Crippen LogP contribution >= 0.6 is 11.6 Å². The van der Waals surface area contributed by atoms with Gasteiger partial charge in [0.05, 0.1) is 5.92 Å². The summed E-state index contributed by atoms with van der Waals surface area (Å²) in [6, 6.07) is 5.96. The molecule has 1 aliphatic rings. The van der Waals surface area contributed by atoms with Gasteiger partial charge < -0.3 is 15.2 Å². The van der Waals surface area contributed by atoms with Crippen molar-refractivity contribution in [1.82, 2.24) is 15.2 Å². The van der Waals surface area contributed by atoms with Crippen LogP contribution < -0.4 is 5.32 Å². The molecule has 2 N–H and O–H groups in total. The lowest BCUT2D eigenvalue weighted by molar-refractivity contribution is -0.129. The summed E-state index contributed by atoms with van der Waals surface area (Å²) in [5.74, 6) is -0.165. The lowest BCUT2D eigenvalue weighted by Crippen LogP contribution is -2.39. The number of benzene rings is 1. The minimum Gasteiger partial charge on any atom is -0.361 e. The van der Waals surface area contributed by atoms with E-state index < -0.39 is 0 Å². The summed E-state index contributed by atoms with van der Waals surface area (Å²) in [5.41, 5.74) is 2.18. The molecule has 0 bridgehead atoms. The van der Waals surface area contributed by atoms with Crippen LogP contribution in [0.25, 0.3) is 10.9 Å². The molecule has 2 aromatic rings. The summed E-state index contributed by atoms with van der Waals surface area (Å²) in [6.07, 6.45) is 4.85. The topological polar surface area (TPSA) is 65.2 Å². The predicted molar refractivity (Wildman–Crippen MR) is 104 cm³/mol. The first-order chi connectivity index (χ1) is 12.5. The number of aromatic amines is 1. The zero-order valence-electron chi connectivity index (χ0n) is 15.3. The van der Waals surface area contributed by atoms with E-state index in [2.05, 4.69) is 24.1 Å². The van der Waals surface area contributed by atoms with Crippen LogP contribution in [0.4, 0.5) is 0 Å². The first-order valence-electron chi connectivity index (χ1n) is 9.35.